The number of hydrogen-bond acceptors (Lipinski definition) is 3. The molecule has 1 unspecified atom stereocenters. The first kappa shape index (κ1) is 19.9. The van der Waals surface area contributed by atoms with Crippen LogP contribution in [0.15, 0.2) is 53.4 Å². The second-order valence-electron chi connectivity index (χ2n) is 6.82. The Balaban J connectivity index is 1.67. The molecule has 1 aliphatic heterocycles. The second-order valence-corrected chi connectivity index (χ2v) is 9.16. The van der Waals surface area contributed by atoms with E-state index in [4.69, 9.17) is 11.6 Å². The van der Waals surface area contributed by atoms with Crippen LogP contribution in [0.3, 0.4) is 0 Å². The molecule has 2 aromatic carbocycles. The topological polar surface area (TPSA) is 66.5 Å². The highest BCUT2D eigenvalue weighted by molar-refractivity contribution is 7.89. The van der Waals surface area contributed by atoms with Crippen molar-refractivity contribution in [3.8, 4) is 0 Å². The number of carbonyl (C=O) groups excluding carboxylic acids is 1. The van der Waals surface area contributed by atoms with E-state index in [1.165, 1.54) is 10.4 Å². The van der Waals surface area contributed by atoms with Crippen LogP contribution in [0.5, 0.6) is 0 Å². The first-order valence-corrected chi connectivity index (χ1v) is 10.8. The number of piperidine rings is 1. The van der Waals surface area contributed by atoms with Crippen LogP contribution in [0.25, 0.3) is 0 Å². The Kier molecular flexibility index (Phi) is 6.19. The molecule has 0 aliphatic carbocycles. The van der Waals surface area contributed by atoms with Crippen LogP contribution in [0, 0.1) is 12.8 Å². The van der Waals surface area contributed by atoms with E-state index in [-0.39, 0.29) is 23.3 Å². The van der Waals surface area contributed by atoms with Crippen molar-refractivity contribution >= 4 is 27.5 Å². The molecule has 1 aliphatic rings. The summed E-state index contributed by atoms with van der Waals surface area (Å²) in [6.45, 7) is 2.87. The summed E-state index contributed by atoms with van der Waals surface area (Å²) in [7, 11) is -3.67. The largest absolute Gasteiger partial charge is 0.352 e. The number of nitrogens with one attached hydrogen (secondary N) is 1. The van der Waals surface area contributed by atoms with Gasteiger partial charge in [-0.3, -0.25) is 4.79 Å². The van der Waals surface area contributed by atoms with Crippen molar-refractivity contribution in [1.29, 1.82) is 0 Å². The van der Waals surface area contributed by atoms with E-state index >= 15 is 0 Å². The highest BCUT2D eigenvalue weighted by Gasteiger charge is 2.33. The van der Waals surface area contributed by atoms with Crippen LogP contribution in [-0.2, 0) is 21.4 Å². The predicted molar refractivity (Wildman–Crippen MR) is 106 cm³/mol. The molecular formula is C20H23ClN2O3S. The molecule has 1 N–H and O–H groups in total. The van der Waals surface area contributed by atoms with Gasteiger partial charge in [-0.25, -0.2) is 8.42 Å². The maximum absolute atomic E-state index is 12.9. The number of nitrogens with zero attached hydrogens (tertiary/aromatic N) is 1. The second kappa shape index (κ2) is 8.42. The van der Waals surface area contributed by atoms with Crippen LogP contribution < -0.4 is 5.32 Å². The van der Waals surface area contributed by atoms with Gasteiger partial charge in [-0.2, -0.15) is 4.31 Å². The molecule has 1 saturated heterocycles. The van der Waals surface area contributed by atoms with Gasteiger partial charge in [-0.05, 0) is 43.0 Å². The summed E-state index contributed by atoms with van der Waals surface area (Å²) in [4.78, 5) is 12.7. The van der Waals surface area contributed by atoms with Crippen molar-refractivity contribution in [2.45, 2.75) is 31.2 Å². The Hall–Kier alpha value is -1.89. The van der Waals surface area contributed by atoms with E-state index in [0.29, 0.717) is 31.0 Å². The number of benzene rings is 2. The lowest BCUT2D eigenvalue weighted by Gasteiger charge is -2.31. The maximum Gasteiger partial charge on any atom is 0.243 e. The zero-order valence-corrected chi connectivity index (χ0v) is 16.8. The number of sulfonamides is 1. The predicted octanol–water partition coefficient (Wildman–Crippen LogP) is 3.37. The molecule has 0 spiro atoms. The molecule has 5 nitrogen and oxygen atoms in total. The molecule has 27 heavy (non-hydrogen) atoms. The van der Waals surface area contributed by atoms with E-state index < -0.39 is 10.0 Å². The van der Waals surface area contributed by atoms with Crippen LogP contribution in [0.2, 0.25) is 5.02 Å². The summed E-state index contributed by atoms with van der Waals surface area (Å²) in [5.41, 5.74) is 1.84. The van der Waals surface area contributed by atoms with Gasteiger partial charge in [0.15, 0.2) is 0 Å². The van der Waals surface area contributed by atoms with Gasteiger partial charge in [0.25, 0.3) is 0 Å². The van der Waals surface area contributed by atoms with Gasteiger partial charge >= 0.3 is 0 Å². The fourth-order valence-electron chi connectivity index (χ4n) is 3.19. The maximum atomic E-state index is 12.9. The normalized spacial score (nSPS) is 18.2. The van der Waals surface area contributed by atoms with E-state index in [1.807, 2.05) is 37.3 Å². The summed E-state index contributed by atoms with van der Waals surface area (Å²) >= 11 is 6.09. The summed E-state index contributed by atoms with van der Waals surface area (Å²) in [5, 5.41) is 3.34. The Morgan fingerprint density at radius 1 is 1.22 bits per heavy atom. The number of aryl methyl sites for hydroxylation is 1. The highest BCUT2D eigenvalue weighted by Crippen LogP contribution is 2.26. The Labute approximate surface area is 165 Å². The molecular weight excluding hydrogens is 384 g/mol. The Morgan fingerprint density at radius 3 is 2.67 bits per heavy atom. The molecule has 1 atom stereocenters. The average molecular weight is 407 g/mol. The first-order chi connectivity index (χ1) is 12.9. The standard InChI is InChI=1S/C20H23ClN2O3S/c1-15-9-10-18(12-19(15)21)27(25,26)23-11-5-8-17(14-23)20(24)22-13-16-6-3-2-4-7-16/h2-4,6-7,9-10,12,17H,5,8,11,13-14H2,1H3,(H,22,24). The molecule has 1 heterocycles. The van der Waals surface area contributed by atoms with Crippen molar-refractivity contribution in [3.63, 3.8) is 0 Å². The smallest absolute Gasteiger partial charge is 0.243 e. The van der Waals surface area contributed by atoms with Crippen molar-refractivity contribution in [1.82, 2.24) is 9.62 Å². The van der Waals surface area contributed by atoms with Crippen LogP contribution in [-0.4, -0.2) is 31.7 Å². The monoisotopic (exact) mass is 406 g/mol. The first-order valence-electron chi connectivity index (χ1n) is 8.96. The molecule has 1 amide bonds. The molecule has 0 saturated carbocycles. The van der Waals surface area contributed by atoms with E-state index in [9.17, 15) is 13.2 Å². The molecule has 0 bridgehead atoms. The SMILES string of the molecule is Cc1ccc(S(=O)(=O)N2CCCC(C(=O)NCc3ccccc3)C2)cc1Cl. The van der Waals surface area contributed by atoms with Crippen molar-refractivity contribution in [2.24, 2.45) is 5.92 Å². The van der Waals surface area contributed by atoms with Crippen LogP contribution >= 0.6 is 11.6 Å². The quantitative estimate of drug-likeness (QED) is 0.827. The minimum atomic E-state index is -3.67. The summed E-state index contributed by atoms with van der Waals surface area (Å²) in [6.07, 6.45) is 1.34. The zero-order valence-electron chi connectivity index (χ0n) is 15.2. The van der Waals surface area contributed by atoms with E-state index in [0.717, 1.165) is 11.1 Å². The number of carbonyl (C=O) groups is 1. The summed E-state index contributed by atoms with van der Waals surface area (Å²) in [6, 6.07) is 14.4. The minimum absolute atomic E-state index is 0.110. The van der Waals surface area contributed by atoms with Gasteiger partial charge in [0, 0.05) is 24.7 Å². The van der Waals surface area contributed by atoms with Crippen LogP contribution in [0.1, 0.15) is 24.0 Å². The van der Waals surface area contributed by atoms with E-state index in [2.05, 4.69) is 5.32 Å². The molecule has 3 rings (SSSR count). The molecule has 0 radical (unpaired) electrons. The molecule has 1 fully saturated rings. The molecule has 0 aromatic heterocycles. The van der Waals surface area contributed by atoms with Gasteiger partial charge in [-0.15, -0.1) is 0 Å². The lowest BCUT2D eigenvalue weighted by Crippen LogP contribution is -2.45. The Morgan fingerprint density at radius 2 is 1.96 bits per heavy atom. The lowest BCUT2D eigenvalue weighted by atomic mass is 9.99. The third-order valence-corrected chi connectivity index (χ3v) is 7.11. The fraction of sp³-hybridized carbons (Fsp3) is 0.350. The number of rotatable bonds is 5. The highest BCUT2D eigenvalue weighted by atomic mass is 35.5. The summed E-state index contributed by atoms with van der Waals surface area (Å²) < 4.78 is 27.3. The van der Waals surface area contributed by atoms with Crippen molar-refractivity contribution < 1.29 is 13.2 Å². The summed E-state index contributed by atoms with van der Waals surface area (Å²) in [5.74, 6) is -0.459. The number of amides is 1. The molecule has 7 heteroatoms. The van der Waals surface area contributed by atoms with Gasteiger partial charge in [0.2, 0.25) is 15.9 Å². The third kappa shape index (κ3) is 4.69. The van der Waals surface area contributed by atoms with Crippen molar-refractivity contribution in [2.75, 3.05) is 13.1 Å². The minimum Gasteiger partial charge on any atom is -0.352 e. The van der Waals surface area contributed by atoms with Gasteiger partial charge in [0.1, 0.15) is 0 Å². The zero-order chi connectivity index (χ0) is 19.4. The third-order valence-electron chi connectivity index (χ3n) is 4.85. The molecule has 2 aromatic rings. The molecule has 144 valence electrons. The fourth-order valence-corrected chi connectivity index (χ4v) is 4.98. The van der Waals surface area contributed by atoms with Crippen LogP contribution in [0.4, 0.5) is 0 Å². The Bertz CT molecular complexity index is 916. The van der Waals surface area contributed by atoms with Gasteiger partial charge < -0.3 is 5.32 Å². The number of hydrogen-bond donors (Lipinski definition) is 1. The lowest BCUT2D eigenvalue weighted by molar-refractivity contribution is -0.126. The van der Waals surface area contributed by atoms with Gasteiger partial charge in [-0.1, -0.05) is 48.0 Å². The van der Waals surface area contributed by atoms with Gasteiger partial charge in [0.05, 0.1) is 10.8 Å². The van der Waals surface area contributed by atoms with E-state index in [1.54, 1.807) is 12.1 Å². The average Bonchev–Trinajstić information content (AvgIpc) is 2.69. The van der Waals surface area contributed by atoms with Crippen molar-refractivity contribution in [3.05, 3.63) is 64.7 Å². The number of halogens is 1.